The number of carbonyl (C=O) groups excluding carboxylic acids is 2. The zero-order chi connectivity index (χ0) is 20.9. The lowest BCUT2D eigenvalue weighted by Gasteiger charge is -2.31. The van der Waals surface area contributed by atoms with E-state index < -0.39 is 0 Å². The van der Waals surface area contributed by atoms with Gasteiger partial charge in [-0.1, -0.05) is 12.1 Å². The molecule has 1 fully saturated rings. The first-order valence-electron chi connectivity index (χ1n) is 9.74. The summed E-state index contributed by atoms with van der Waals surface area (Å²) >= 11 is 3.06. The molecule has 0 aliphatic carbocycles. The summed E-state index contributed by atoms with van der Waals surface area (Å²) in [7, 11) is 0. The van der Waals surface area contributed by atoms with Crippen molar-refractivity contribution < 1.29 is 14.0 Å². The van der Waals surface area contributed by atoms with E-state index in [1.807, 2.05) is 39.9 Å². The lowest BCUT2D eigenvalue weighted by Crippen LogP contribution is -2.46. The van der Waals surface area contributed by atoms with Crippen molar-refractivity contribution >= 4 is 40.6 Å². The van der Waals surface area contributed by atoms with Crippen molar-refractivity contribution in [3.63, 3.8) is 0 Å². The van der Waals surface area contributed by atoms with Crippen molar-refractivity contribution in [2.24, 2.45) is 0 Å². The zero-order valence-electron chi connectivity index (χ0n) is 16.2. The molecule has 7 heteroatoms. The van der Waals surface area contributed by atoms with Gasteiger partial charge in [-0.25, -0.2) is 4.39 Å². The summed E-state index contributed by atoms with van der Waals surface area (Å²) in [5.74, 6) is -0.319. The highest BCUT2D eigenvalue weighted by atomic mass is 32.1. The summed E-state index contributed by atoms with van der Waals surface area (Å²) < 4.78 is 13.1. The Bertz CT molecular complexity index is 1030. The van der Waals surface area contributed by atoms with Crippen molar-refractivity contribution in [1.29, 1.82) is 0 Å². The second kappa shape index (κ2) is 9.36. The Morgan fingerprint density at radius 1 is 1.07 bits per heavy atom. The van der Waals surface area contributed by atoms with Crippen LogP contribution in [0.15, 0.2) is 59.3 Å². The highest BCUT2D eigenvalue weighted by molar-refractivity contribution is 7.16. The maximum Gasteiger partial charge on any atom is 0.252 e. The molecule has 3 aromatic rings. The van der Waals surface area contributed by atoms with Gasteiger partial charge in [0.25, 0.3) is 5.91 Å². The molecule has 3 heterocycles. The highest BCUT2D eigenvalue weighted by Crippen LogP contribution is 2.29. The van der Waals surface area contributed by atoms with Gasteiger partial charge in [-0.2, -0.15) is 11.3 Å². The van der Waals surface area contributed by atoms with Gasteiger partial charge in [0.2, 0.25) is 5.91 Å². The fourth-order valence-corrected chi connectivity index (χ4v) is 4.93. The standard InChI is InChI=1S/C23H21FN2O2S2/c24-18-3-1-16(2-4-18)21-7-5-20(30-21)6-8-22(27)26-12-9-19(10-13-26)25-23(28)17-11-14-29-15-17/h1-8,11,14-15,19H,9-10,12-13H2,(H,25,28)/b8-6+. The van der Waals surface area contributed by atoms with E-state index in [9.17, 15) is 14.0 Å². The number of thiophene rings is 2. The number of hydrogen-bond acceptors (Lipinski definition) is 4. The maximum absolute atomic E-state index is 13.1. The summed E-state index contributed by atoms with van der Waals surface area (Å²) in [6.07, 6.45) is 4.93. The lowest BCUT2D eigenvalue weighted by atomic mass is 10.0. The first-order chi connectivity index (χ1) is 14.6. The van der Waals surface area contributed by atoms with E-state index in [1.54, 1.807) is 29.5 Å². The summed E-state index contributed by atoms with van der Waals surface area (Å²) in [6.45, 7) is 1.26. The fraction of sp³-hybridized carbons (Fsp3) is 0.217. The Labute approximate surface area is 182 Å². The topological polar surface area (TPSA) is 49.4 Å². The Morgan fingerprint density at radius 3 is 2.53 bits per heavy atom. The van der Waals surface area contributed by atoms with Gasteiger partial charge in [0, 0.05) is 45.9 Å². The van der Waals surface area contributed by atoms with E-state index >= 15 is 0 Å². The molecule has 2 aromatic heterocycles. The Hall–Kier alpha value is -2.77. The van der Waals surface area contributed by atoms with Crippen LogP contribution in [0.25, 0.3) is 16.5 Å². The molecule has 1 aliphatic rings. The van der Waals surface area contributed by atoms with Crippen LogP contribution in [-0.2, 0) is 4.79 Å². The minimum Gasteiger partial charge on any atom is -0.349 e. The molecule has 0 saturated carbocycles. The van der Waals surface area contributed by atoms with Crippen molar-refractivity contribution in [3.05, 3.63) is 75.6 Å². The summed E-state index contributed by atoms with van der Waals surface area (Å²) in [5, 5.41) is 6.78. The molecule has 0 atom stereocenters. The monoisotopic (exact) mass is 440 g/mol. The molecule has 1 aromatic carbocycles. The quantitative estimate of drug-likeness (QED) is 0.565. The second-order valence-corrected chi connectivity index (χ2v) is 9.02. The molecule has 4 rings (SSSR count). The normalized spacial score (nSPS) is 14.9. The molecule has 154 valence electrons. The summed E-state index contributed by atoms with van der Waals surface area (Å²) in [5.41, 5.74) is 1.65. The maximum atomic E-state index is 13.1. The molecule has 30 heavy (non-hydrogen) atoms. The first kappa shape index (κ1) is 20.5. The first-order valence-corrected chi connectivity index (χ1v) is 11.5. The highest BCUT2D eigenvalue weighted by Gasteiger charge is 2.23. The summed E-state index contributed by atoms with van der Waals surface area (Å²) in [4.78, 5) is 28.5. The van der Waals surface area contributed by atoms with E-state index in [0.717, 1.165) is 28.2 Å². The van der Waals surface area contributed by atoms with Gasteiger partial charge in [-0.3, -0.25) is 9.59 Å². The predicted molar refractivity (Wildman–Crippen MR) is 120 cm³/mol. The van der Waals surface area contributed by atoms with Crippen LogP contribution in [0.5, 0.6) is 0 Å². The van der Waals surface area contributed by atoms with Crippen molar-refractivity contribution in [2.75, 3.05) is 13.1 Å². The number of hydrogen-bond donors (Lipinski definition) is 1. The smallest absolute Gasteiger partial charge is 0.252 e. The number of likely N-dealkylation sites (tertiary alicyclic amines) is 1. The second-order valence-electron chi connectivity index (χ2n) is 7.13. The molecule has 1 N–H and O–H groups in total. The third-order valence-corrected chi connectivity index (χ3v) is 6.85. The molecule has 0 radical (unpaired) electrons. The van der Waals surface area contributed by atoms with Gasteiger partial charge < -0.3 is 10.2 Å². The van der Waals surface area contributed by atoms with E-state index in [-0.39, 0.29) is 23.7 Å². The van der Waals surface area contributed by atoms with Crippen LogP contribution in [0.4, 0.5) is 4.39 Å². The van der Waals surface area contributed by atoms with Crippen LogP contribution >= 0.6 is 22.7 Å². The fourth-order valence-electron chi connectivity index (χ4n) is 3.38. The van der Waals surface area contributed by atoms with Crippen LogP contribution in [0.2, 0.25) is 0 Å². The van der Waals surface area contributed by atoms with Gasteiger partial charge >= 0.3 is 0 Å². The molecule has 1 aliphatic heterocycles. The Kier molecular flexibility index (Phi) is 6.40. The van der Waals surface area contributed by atoms with Crippen LogP contribution in [0.3, 0.4) is 0 Å². The number of nitrogens with one attached hydrogen (secondary N) is 1. The molecule has 0 bridgehead atoms. The van der Waals surface area contributed by atoms with Crippen LogP contribution in [0, 0.1) is 5.82 Å². The Morgan fingerprint density at radius 2 is 1.83 bits per heavy atom. The molecule has 1 saturated heterocycles. The number of halogens is 1. The molecule has 2 amide bonds. The average Bonchev–Trinajstić information content (AvgIpc) is 3.45. The molecule has 0 unspecified atom stereocenters. The van der Waals surface area contributed by atoms with Gasteiger partial charge in [-0.15, -0.1) is 11.3 Å². The Balaban J connectivity index is 1.28. The van der Waals surface area contributed by atoms with Gasteiger partial charge in [0.15, 0.2) is 0 Å². The SMILES string of the molecule is O=C(NC1CCN(C(=O)/C=C/c2ccc(-c3ccc(F)cc3)s2)CC1)c1ccsc1. The summed E-state index contributed by atoms with van der Waals surface area (Å²) in [6, 6.07) is 12.2. The number of amides is 2. The number of benzene rings is 1. The van der Waals surface area contributed by atoms with Crippen LogP contribution in [0.1, 0.15) is 28.1 Å². The zero-order valence-corrected chi connectivity index (χ0v) is 17.8. The van der Waals surface area contributed by atoms with Crippen molar-refractivity contribution in [2.45, 2.75) is 18.9 Å². The third-order valence-electron chi connectivity index (χ3n) is 5.07. The predicted octanol–water partition coefficient (Wildman–Crippen LogP) is 5.05. The van der Waals surface area contributed by atoms with E-state index in [1.165, 1.54) is 23.5 Å². The van der Waals surface area contributed by atoms with Gasteiger partial charge in [0.05, 0.1) is 0 Å². The van der Waals surface area contributed by atoms with Gasteiger partial charge in [-0.05, 0) is 60.2 Å². The molecule has 0 spiro atoms. The number of rotatable bonds is 5. The number of piperidine rings is 1. The molecular formula is C23H21FN2O2S2. The third kappa shape index (κ3) is 5.04. The van der Waals surface area contributed by atoms with Crippen molar-refractivity contribution in [3.8, 4) is 10.4 Å². The number of carbonyl (C=O) groups is 2. The van der Waals surface area contributed by atoms with E-state index in [4.69, 9.17) is 0 Å². The van der Waals surface area contributed by atoms with E-state index in [2.05, 4.69) is 5.32 Å². The molecular weight excluding hydrogens is 419 g/mol. The van der Waals surface area contributed by atoms with Crippen molar-refractivity contribution in [1.82, 2.24) is 10.2 Å². The molecule has 4 nitrogen and oxygen atoms in total. The largest absolute Gasteiger partial charge is 0.349 e. The lowest BCUT2D eigenvalue weighted by molar-refractivity contribution is -0.126. The van der Waals surface area contributed by atoms with Crippen LogP contribution < -0.4 is 5.32 Å². The minimum absolute atomic E-state index is 0.0191. The average molecular weight is 441 g/mol. The van der Waals surface area contributed by atoms with E-state index in [0.29, 0.717) is 18.7 Å². The van der Waals surface area contributed by atoms with Gasteiger partial charge in [0.1, 0.15) is 5.82 Å². The minimum atomic E-state index is -0.254. The number of nitrogens with zero attached hydrogens (tertiary/aromatic N) is 1. The van der Waals surface area contributed by atoms with Crippen LogP contribution in [-0.4, -0.2) is 35.8 Å².